The summed E-state index contributed by atoms with van der Waals surface area (Å²) in [4.78, 5) is 95.5. The van der Waals surface area contributed by atoms with Gasteiger partial charge >= 0.3 is 12.0 Å². The molecule has 1 heterocycles. The monoisotopic (exact) mass is 890 g/mol. The molecule has 1 aromatic rings. The summed E-state index contributed by atoms with van der Waals surface area (Å²) in [6, 6.07) is 5.76. The summed E-state index contributed by atoms with van der Waals surface area (Å²) >= 11 is 0. The van der Waals surface area contributed by atoms with Crippen LogP contribution < -0.4 is 32.3 Å². The number of aliphatic hydroxyl groups is 1. The number of carbonyl (C=O) groups is 8. The first-order valence-electron chi connectivity index (χ1n) is 22.4. The summed E-state index contributed by atoms with van der Waals surface area (Å²) in [6.07, 6.45) is 5.58. The zero-order valence-corrected chi connectivity index (χ0v) is 39.8. The minimum Gasteiger partial charge on any atom is -0.461 e. The van der Waals surface area contributed by atoms with E-state index < -0.39 is 23.5 Å². The van der Waals surface area contributed by atoms with Crippen molar-refractivity contribution in [3.05, 3.63) is 29.8 Å². The number of imide groups is 1. The second-order valence-corrected chi connectivity index (χ2v) is 17.9. The van der Waals surface area contributed by atoms with Gasteiger partial charge in [0, 0.05) is 56.1 Å². The van der Waals surface area contributed by atoms with Gasteiger partial charge in [-0.3, -0.25) is 38.5 Å². The van der Waals surface area contributed by atoms with Gasteiger partial charge in [-0.05, 0) is 81.4 Å². The Kier molecular flexibility index (Phi) is 28.4. The van der Waals surface area contributed by atoms with Gasteiger partial charge in [-0.1, -0.05) is 80.9 Å². The third-order valence-electron chi connectivity index (χ3n) is 9.86. The molecule has 2 atom stereocenters. The highest BCUT2D eigenvalue weighted by molar-refractivity contribution is 6.03. The van der Waals surface area contributed by atoms with Crippen molar-refractivity contribution < 1.29 is 48.2 Å². The molecule has 0 radical (unpaired) electrons. The number of nitrogens with two attached hydrogens (primary N) is 1. The Morgan fingerprint density at radius 1 is 0.873 bits per heavy atom. The fourth-order valence-electron chi connectivity index (χ4n) is 5.92. The number of unbranched alkanes of at least 4 members (excludes halogenated alkanes) is 2. The molecule has 0 aromatic heterocycles. The van der Waals surface area contributed by atoms with E-state index >= 15 is 0 Å². The van der Waals surface area contributed by atoms with Crippen LogP contribution in [0.4, 0.5) is 10.5 Å². The summed E-state index contributed by atoms with van der Waals surface area (Å²) in [6.45, 7) is 22.1. The van der Waals surface area contributed by atoms with Crippen LogP contribution in [0.3, 0.4) is 0 Å². The van der Waals surface area contributed by atoms with Crippen LogP contribution in [0.15, 0.2) is 24.3 Å². The molecule has 2 unspecified atom stereocenters. The van der Waals surface area contributed by atoms with Gasteiger partial charge in [0.15, 0.2) is 0 Å². The lowest BCUT2D eigenvalue weighted by Crippen LogP contribution is -2.51. The van der Waals surface area contributed by atoms with Gasteiger partial charge in [-0.25, -0.2) is 4.79 Å². The number of benzene rings is 1. The number of anilines is 1. The average Bonchev–Trinajstić information content (AvgIpc) is 3.48. The molecule has 1 aliphatic heterocycles. The summed E-state index contributed by atoms with van der Waals surface area (Å²) in [5.74, 6) is -1.23. The quantitative estimate of drug-likeness (QED) is 0.0418. The normalized spacial score (nSPS) is 14.0. The van der Waals surface area contributed by atoms with Crippen LogP contribution >= 0.6 is 0 Å². The van der Waals surface area contributed by atoms with Gasteiger partial charge in [-0.2, -0.15) is 0 Å². The van der Waals surface area contributed by atoms with E-state index in [2.05, 4.69) is 26.6 Å². The molecule has 0 bridgehead atoms. The Morgan fingerprint density at radius 2 is 1.51 bits per heavy atom. The molecule has 17 heteroatoms. The van der Waals surface area contributed by atoms with Crippen LogP contribution in [0.2, 0.25) is 0 Å². The second kappa shape index (κ2) is 30.9. The maximum atomic E-state index is 12.5. The maximum Gasteiger partial charge on any atom is 0.312 e. The van der Waals surface area contributed by atoms with E-state index in [1.165, 1.54) is 4.90 Å². The Balaban J connectivity index is 0.00000109. The lowest BCUT2D eigenvalue weighted by Gasteiger charge is -2.25. The molecule has 2 rings (SSSR count). The number of primary amides is 1. The Hall–Kier alpha value is -5.06. The van der Waals surface area contributed by atoms with Gasteiger partial charge in [0.25, 0.3) is 0 Å². The SMILES string of the molecule is CC(C)C1CC(=O)N(CCCCCC(=O)NC(C)(C)CCO)C1=O.CC(C)CCC(=O)NC(C(=O)NCC(=O)Nc1ccc(COC(=O)C(C)C)cc1)C(C)C.CCCNC(N)=O. The molecule has 17 nitrogen and oxygen atoms in total. The van der Waals surface area contributed by atoms with Crippen LogP contribution in [0, 0.1) is 29.6 Å². The molecule has 1 aromatic carbocycles. The number of hydrogen-bond acceptors (Lipinski definition) is 10. The molecular weight excluding hydrogens is 811 g/mol. The summed E-state index contributed by atoms with van der Waals surface area (Å²) in [5, 5.41) is 22.3. The molecule has 1 saturated heterocycles. The number of aliphatic hydroxyl groups excluding tert-OH is 1. The first-order chi connectivity index (χ1) is 29.4. The number of urea groups is 1. The van der Waals surface area contributed by atoms with Crippen molar-refractivity contribution in [2.75, 3.05) is 31.6 Å². The predicted molar refractivity (Wildman–Crippen MR) is 243 cm³/mol. The second-order valence-electron chi connectivity index (χ2n) is 17.9. The number of esters is 1. The number of nitrogens with zero attached hydrogens (tertiary/aromatic N) is 1. The van der Waals surface area contributed by atoms with Crippen LogP contribution in [-0.2, 0) is 44.9 Å². The molecule has 8 N–H and O–H groups in total. The molecular formula is C46H79N7O10. The van der Waals surface area contributed by atoms with Gasteiger partial charge < -0.3 is 42.2 Å². The highest BCUT2D eigenvalue weighted by Gasteiger charge is 2.39. The topological polar surface area (TPSA) is 255 Å². The van der Waals surface area contributed by atoms with E-state index in [0.717, 1.165) is 37.7 Å². The van der Waals surface area contributed by atoms with Crippen molar-refractivity contribution in [3.8, 4) is 0 Å². The van der Waals surface area contributed by atoms with Gasteiger partial charge in [-0.15, -0.1) is 0 Å². The van der Waals surface area contributed by atoms with Crippen molar-refractivity contribution in [2.24, 2.45) is 35.3 Å². The predicted octanol–water partition coefficient (Wildman–Crippen LogP) is 4.94. The van der Waals surface area contributed by atoms with Crippen molar-refractivity contribution >= 4 is 53.1 Å². The van der Waals surface area contributed by atoms with Gasteiger partial charge in [0.05, 0.1) is 12.5 Å². The number of nitrogens with one attached hydrogen (secondary N) is 5. The number of hydrogen-bond donors (Lipinski definition) is 7. The number of amides is 8. The number of ether oxygens (including phenoxy) is 1. The van der Waals surface area contributed by atoms with Crippen molar-refractivity contribution in [3.63, 3.8) is 0 Å². The van der Waals surface area contributed by atoms with Gasteiger partial charge in [0.1, 0.15) is 12.6 Å². The zero-order valence-electron chi connectivity index (χ0n) is 39.8. The van der Waals surface area contributed by atoms with Crippen LogP contribution in [0.5, 0.6) is 0 Å². The average molecular weight is 890 g/mol. The summed E-state index contributed by atoms with van der Waals surface area (Å²) in [5.41, 5.74) is 5.70. The molecule has 358 valence electrons. The molecule has 1 aliphatic rings. The summed E-state index contributed by atoms with van der Waals surface area (Å²) in [7, 11) is 0. The first kappa shape index (κ1) is 57.9. The van der Waals surface area contributed by atoms with Crippen molar-refractivity contribution in [1.29, 1.82) is 0 Å². The van der Waals surface area contributed by atoms with E-state index in [0.29, 0.717) is 50.4 Å². The number of rotatable bonds is 24. The largest absolute Gasteiger partial charge is 0.461 e. The highest BCUT2D eigenvalue weighted by Crippen LogP contribution is 2.26. The fourth-order valence-corrected chi connectivity index (χ4v) is 5.92. The third-order valence-corrected chi connectivity index (χ3v) is 9.86. The Morgan fingerprint density at radius 3 is 2.00 bits per heavy atom. The van der Waals surface area contributed by atoms with Crippen LogP contribution in [0.25, 0.3) is 0 Å². The molecule has 63 heavy (non-hydrogen) atoms. The zero-order chi connectivity index (χ0) is 48.3. The lowest BCUT2D eigenvalue weighted by molar-refractivity contribution is -0.148. The molecule has 8 amide bonds. The number of carbonyl (C=O) groups excluding carboxylic acids is 8. The molecule has 1 fully saturated rings. The van der Waals surface area contributed by atoms with Crippen LogP contribution in [-0.4, -0.2) is 95.3 Å². The summed E-state index contributed by atoms with van der Waals surface area (Å²) < 4.78 is 5.17. The number of likely N-dealkylation sites (tertiary alicyclic amines) is 1. The van der Waals surface area contributed by atoms with Crippen LogP contribution in [0.1, 0.15) is 140 Å². The first-order valence-corrected chi connectivity index (χ1v) is 22.4. The Labute approximate surface area is 375 Å². The standard InChI is InChI=1S/C24H37N3O5.C18H32N2O4.C4H10N2O/c1-15(2)7-12-20(28)27-22(16(3)4)23(30)25-13-21(29)26-19-10-8-18(9-11-19)14-32-24(31)17(5)6;1-13(2)14-12-16(23)20(17(14)24)10-7-5-6-8-15(22)19-18(3,4)9-11-21;1-2-3-6-4(5)7/h8-11,15-17,22H,7,12-14H2,1-6H3,(H,25,30)(H,26,29)(H,27,28);13-14,21H,5-12H2,1-4H3,(H,19,22);2-3H2,1H3,(H3,5,6,7). The van der Waals surface area contributed by atoms with Crippen molar-refractivity contribution in [2.45, 2.75) is 152 Å². The third kappa shape index (κ3) is 26.2. The van der Waals surface area contributed by atoms with Crippen molar-refractivity contribution in [1.82, 2.24) is 26.2 Å². The minimum absolute atomic E-state index is 0.0263. The smallest absolute Gasteiger partial charge is 0.312 e. The maximum absolute atomic E-state index is 12.5. The molecule has 0 aliphatic carbocycles. The van der Waals surface area contributed by atoms with E-state index in [9.17, 15) is 38.4 Å². The molecule has 0 saturated carbocycles. The Bertz CT molecular complexity index is 1600. The highest BCUT2D eigenvalue weighted by atomic mass is 16.5. The van der Waals surface area contributed by atoms with E-state index in [4.69, 9.17) is 15.6 Å². The van der Waals surface area contributed by atoms with Gasteiger partial charge in [0.2, 0.25) is 35.4 Å². The molecule has 0 spiro atoms. The lowest BCUT2D eigenvalue weighted by atomic mass is 9.94. The van der Waals surface area contributed by atoms with E-state index in [1.54, 1.807) is 38.1 Å². The van der Waals surface area contributed by atoms with E-state index in [1.807, 2.05) is 62.3 Å². The fraction of sp³-hybridized carbons (Fsp3) is 0.696. The van der Waals surface area contributed by atoms with E-state index in [-0.39, 0.29) is 78.9 Å². The minimum atomic E-state index is -0.699.